The number of ether oxygens (including phenoxy) is 1. The Hall–Kier alpha value is -1.66. The molecule has 2 rings (SSSR count). The maximum atomic E-state index is 13.2. The van der Waals surface area contributed by atoms with Crippen LogP contribution in [0.3, 0.4) is 0 Å². The zero-order valence-corrected chi connectivity index (χ0v) is 13.1. The Morgan fingerprint density at radius 2 is 2.36 bits per heavy atom. The van der Waals surface area contributed by atoms with Gasteiger partial charge < -0.3 is 20.7 Å². The van der Waals surface area contributed by atoms with Gasteiger partial charge in [-0.25, -0.2) is 4.39 Å². The van der Waals surface area contributed by atoms with Crippen molar-refractivity contribution in [3.05, 3.63) is 29.6 Å². The molecule has 1 aromatic carbocycles. The first-order chi connectivity index (χ1) is 10.5. The predicted octanol–water partition coefficient (Wildman–Crippen LogP) is 1.19. The molecule has 6 heteroatoms. The van der Waals surface area contributed by atoms with Gasteiger partial charge in [0.25, 0.3) is 0 Å². The minimum atomic E-state index is -0.645. The number of nitrogens with two attached hydrogens (primary N) is 1. The van der Waals surface area contributed by atoms with Crippen molar-refractivity contribution in [3.8, 4) is 0 Å². The first kappa shape index (κ1) is 16.7. The lowest BCUT2D eigenvalue weighted by atomic mass is 10.0. The summed E-state index contributed by atoms with van der Waals surface area (Å²) in [6, 6.07) is 4.21. The zero-order chi connectivity index (χ0) is 16.1. The molecule has 0 spiro atoms. The van der Waals surface area contributed by atoms with Crippen LogP contribution in [-0.4, -0.2) is 44.8 Å². The van der Waals surface area contributed by atoms with Gasteiger partial charge in [-0.2, -0.15) is 0 Å². The summed E-state index contributed by atoms with van der Waals surface area (Å²) in [5.41, 5.74) is 7.66. The molecule has 2 atom stereocenters. The van der Waals surface area contributed by atoms with Gasteiger partial charge in [0.1, 0.15) is 11.9 Å². The van der Waals surface area contributed by atoms with Crippen LogP contribution in [-0.2, 0) is 9.53 Å². The second kappa shape index (κ2) is 7.56. The van der Waals surface area contributed by atoms with Crippen molar-refractivity contribution in [3.63, 3.8) is 0 Å². The van der Waals surface area contributed by atoms with E-state index < -0.39 is 6.04 Å². The average Bonchev–Trinajstić information content (AvgIpc) is 2.47. The van der Waals surface area contributed by atoms with Gasteiger partial charge in [0.05, 0.1) is 6.61 Å². The van der Waals surface area contributed by atoms with E-state index in [4.69, 9.17) is 10.5 Å². The number of hydrogen-bond acceptors (Lipinski definition) is 4. The molecule has 1 aliphatic rings. The van der Waals surface area contributed by atoms with Gasteiger partial charge in [-0.05, 0) is 43.5 Å². The molecule has 1 aromatic rings. The van der Waals surface area contributed by atoms with Crippen LogP contribution in [0.2, 0.25) is 0 Å². The molecule has 0 radical (unpaired) electrons. The summed E-state index contributed by atoms with van der Waals surface area (Å²) in [5, 5.41) is 2.97. The van der Waals surface area contributed by atoms with Crippen LogP contribution in [0.1, 0.15) is 18.4 Å². The fourth-order valence-corrected chi connectivity index (χ4v) is 2.85. The second-order valence-electron chi connectivity index (χ2n) is 5.79. The lowest BCUT2D eigenvalue weighted by Gasteiger charge is -2.36. The number of carbonyl (C=O) groups is 1. The summed E-state index contributed by atoms with van der Waals surface area (Å²) in [5.74, 6) is -0.418. The minimum absolute atomic E-state index is 0.0496. The van der Waals surface area contributed by atoms with Gasteiger partial charge >= 0.3 is 0 Å². The van der Waals surface area contributed by atoms with Crippen LogP contribution >= 0.6 is 0 Å². The molecule has 0 bridgehead atoms. The summed E-state index contributed by atoms with van der Waals surface area (Å²) in [6.07, 6.45) is 1.89. The summed E-state index contributed by atoms with van der Waals surface area (Å²) < 4.78 is 18.1. The van der Waals surface area contributed by atoms with Gasteiger partial charge in [-0.3, -0.25) is 4.79 Å². The normalized spacial score (nSPS) is 19.8. The van der Waals surface area contributed by atoms with E-state index in [2.05, 4.69) is 10.2 Å². The molecule has 1 saturated heterocycles. The number of hydrogen-bond donors (Lipinski definition) is 2. The van der Waals surface area contributed by atoms with Crippen molar-refractivity contribution < 1.29 is 13.9 Å². The second-order valence-corrected chi connectivity index (χ2v) is 5.79. The molecule has 1 amide bonds. The predicted molar refractivity (Wildman–Crippen MR) is 84.4 cm³/mol. The van der Waals surface area contributed by atoms with E-state index in [0.717, 1.165) is 30.6 Å². The number of rotatable bonds is 5. The lowest BCUT2D eigenvalue weighted by Crippen LogP contribution is -2.53. The van der Waals surface area contributed by atoms with Crippen molar-refractivity contribution >= 4 is 11.6 Å². The van der Waals surface area contributed by atoms with Crippen LogP contribution in [0.25, 0.3) is 0 Å². The van der Waals surface area contributed by atoms with Gasteiger partial charge in [-0.15, -0.1) is 0 Å². The number of carbonyl (C=O) groups excluding carboxylic acids is 1. The summed E-state index contributed by atoms with van der Waals surface area (Å²) in [7, 11) is 1.52. The summed E-state index contributed by atoms with van der Waals surface area (Å²) in [6.45, 7) is 3.72. The Kier molecular flexibility index (Phi) is 5.74. The highest BCUT2D eigenvalue weighted by Crippen LogP contribution is 2.24. The third-order valence-electron chi connectivity index (χ3n) is 3.95. The number of amides is 1. The molecular weight excluding hydrogens is 285 g/mol. The van der Waals surface area contributed by atoms with Crippen LogP contribution in [0.5, 0.6) is 0 Å². The number of anilines is 1. The molecule has 22 heavy (non-hydrogen) atoms. The molecule has 122 valence electrons. The first-order valence-corrected chi connectivity index (χ1v) is 7.57. The van der Waals surface area contributed by atoms with Crippen molar-refractivity contribution in [2.24, 2.45) is 5.73 Å². The topological polar surface area (TPSA) is 67.6 Å². The summed E-state index contributed by atoms with van der Waals surface area (Å²) in [4.78, 5) is 14.2. The molecule has 0 aromatic heterocycles. The maximum absolute atomic E-state index is 13.2. The van der Waals surface area contributed by atoms with Gasteiger partial charge in [0.2, 0.25) is 5.91 Å². The van der Waals surface area contributed by atoms with E-state index in [1.54, 1.807) is 6.07 Å². The SMILES string of the molecule is COCC(N)C(=O)NC1CCCN(c2ccc(F)cc2C)C1. The van der Waals surface area contributed by atoms with E-state index in [1.165, 1.54) is 19.2 Å². The highest BCUT2D eigenvalue weighted by Gasteiger charge is 2.24. The fourth-order valence-electron chi connectivity index (χ4n) is 2.85. The molecule has 1 fully saturated rings. The number of aryl methyl sites for hydroxylation is 1. The van der Waals surface area contributed by atoms with Crippen molar-refractivity contribution in [1.29, 1.82) is 0 Å². The summed E-state index contributed by atoms with van der Waals surface area (Å²) >= 11 is 0. The number of halogens is 1. The van der Waals surface area contributed by atoms with Crippen molar-refractivity contribution in [2.75, 3.05) is 31.7 Å². The monoisotopic (exact) mass is 309 g/mol. The minimum Gasteiger partial charge on any atom is -0.383 e. The van der Waals surface area contributed by atoms with Crippen LogP contribution in [0.15, 0.2) is 18.2 Å². The Morgan fingerprint density at radius 3 is 3.05 bits per heavy atom. The number of benzene rings is 1. The molecule has 1 heterocycles. The third-order valence-corrected chi connectivity index (χ3v) is 3.95. The molecule has 1 aliphatic heterocycles. The fraction of sp³-hybridized carbons (Fsp3) is 0.562. The Morgan fingerprint density at radius 1 is 1.59 bits per heavy atom. The smallest absolute Gasteiger partial charge is 0.239 e. The zero-order valence-electron chi connectivity index (χ0n) is 13.1. The van der Waals surface area contributed by atoms with Gasteiger partial charge in [0.15, 0.2) is 0 Å². The molecular formula is C16H24FN3O2. The number of nitrogens with one attached hydrogen (secondary N) is 1. The Balaban J connectivity index is 1.98. The molecule has 0 saturated carbocycles. The van der Waals surface area contributed by atoms with Gasteiger partial charge in [0, 0.05) is 31.9 Å². The number of nitrogens with zero attached hydrogens (tertiary/aromatic N) is 1. The van der Waals surface area contributed by atoms with Crippen LogP contribution in [0, 0.1) is 12.7 Å². The Labute approximate surface area is 130 Å². The van der Waals surface area contributed by atoms with Gasteiger partial charge in [-0.1, -0.05) is 0 Å². The van der Waals surface area contributed by atoms with E-state index in [-0.39, 0.29) is 24.4 Å². The lowest BCUT2D eigenvalue weighted by molar-refractivity contribution is -0.124. The third kappa shape index (κ3) is 4.18. The highest BCUT2D eigenvalue weighted by atomic mass is 19.1. The molecule has 0 aliphatic carbocycles. The van der Waals surface area contributed by atoms with E-state index in [1.807, 2.05) is 6.92 Å². The van der Waals surface area contributed by atoms with E-state index in [9.17, 15) is 9.18 Å². The number of piperidine rings is 1. The van der Waals surface area contributed by atoms with Crippen molar-refractivity contribution in [2.45, 2.75) is 31.8 Å². The molecule has 3 N–H and O–H groups in total. The largest absolute Gasteiger partial charge is 0.383 e. The van der Waals surface area contributed by atoms with Crippen molar-refractivity contribution in [1.82, 2.24) is 5.32 Å². The standard InChI is InChI=1S/C16H24FN3O2/c1-11-8-12(17)5-6-15(11)20-7-3-4-13(9-20)19-16(21)14(18)10-22-2/h5-6,8,13-14H,3-4,7,9-10,18H2,1-2H3,(H,19,21). The first-order valence-electron chi connectivity index (χ1n) is 7.57. The van der Waals surface area contributed by atoms with E-state index >= 15 is 0 Å². The maximum Gasteiger partial charge on any atom is 0.239 e. The average molecular weight is 309 g/mol. The van der Waals surface area contributed by atoms with Crippen LogP contribution in [0.4, 0.5) is 10.1 Å². The highest BCUT2D eigenvalue weighted by molar-refractivity contribution is 5.82. The molecule has 2 unspecified atom stereocenters. The Bertz CT molecular complexity index is 524. The van der Waals surface area contributed by atoms with Crippen LogP contribution < -0.4 is 16.0 Å². The van der Waals surface area contributed by atoms with E-state index in [0.29, 0.717) is 6.54 Å². The quantitative estimate of drug-likeness (QED) is 0.857. The number of methoxy groups -OCH3 is 1. The molecule has 5 nitrogen and oxygen atoms in total.